The third kappa shape index (κ3) is 3.92. The van der Waals surface area contributed by atoms with Gasteiger partial charge in [0.25, 0.3) is 0 Å². The molecule has 6 nitrogen and oxygen atoms in total. The second-order valence-corrected chi connectivity index (χ2v) is 7.12. The van der Waals surface area contributed by atoms with Crippen LogP contribution in [-0.2, 0) is 24.9 Å². The van der Waals surface area contributed by atoms with Gasteiger partial charge in [0.15, 0.2) is 0 Å². The molecule has 2 atom stereocenters. The quantitative estimate of drug-likeness (QED) is 0.847. The fraction of sp³-hybridized carbons (Fsp3) is 0.579. The Morgan fingerprint density at radius 2 is 2.08 bits per heavy atom. The molecule has 0 aromatic carbocycles. The molecule has 0 saturated carbocycles. The summed E-state index contributed by atoms with van der Waals surface area (Å²) in [6.45, 7) is 5.91. The standard InChI is InChI=1S/C19H27N5O/c1-22-10-7-21-19(22)15-23-8-4-17-18(5-9-23)25-12-11-24(17)14-16-3-2-6-20-13-16/h2-3,6-7,10,13,17-18H,4-5,8-9,11-12,14-15H2,1H3/t17-,18-/m0/s1. The van der Waals surface area contributed by atoms with Crippen molar-refractivity contribution in [1.82, 2.24) is 24.3 Å². The van der Waals surface area contributed by atoms with E-state index in [-0.39, 0.29) is 0 Å². The molecular weight excluding hydrogens is 314 g/mol. The van der Waals surface area contributed by atoms with Crippen molar-refractivity contribution in [2.24, 2.45) is 7.05 Å². The summed E-state index contributed by atoms with van der Waals surface area (Å²) in [4.78, 5) is 13.8. The molecule has 0 N–H and O–H groups in total. The number of likely N-dealkylation sites (tertiary alicyclic amines) is 1. The van der Waals surface area contributed by atoms with E-state index in [0.29, 0.717) is 12.1 Å². The highest BCUT2D eigenvalue weighted by molar-refractivity contribution is 5.09. The Kier molecular flexibility index (Phi) is 5.10. The zero-order valence-corrected chi connectivity index (χ0v) is 14.9. The molecule has 0 unspecified atom stereocenters. The second kappa shape index (κ2) is 7.64. The number of imidazole rings is 1. The number of pyridine rings is 1. The number of aromatic nitrogens is 3. The summed E-state index contributed by atoms with van der Waals surface area (Å²) in [5.41, 5.74) is 1.29. The minimum absolute atomic E-state index is 0.344. The number of rotatable bonds is 4. The molecule has 0 aliphatic carbocycles. The number of hydrogen-bond donors (Lipinski definition) is 0. The topological polar surface area (TPSA) is 46.4 Å². The summed E-state index contributed by atoms with van der Waals surface area (Å²) in [5, 5.41) is 0. The van der Waals surface area contributed by atoms with Crippen LogP contribution in [0.5, 0.6) is 0 Å². The Morgan fingerprint density at radius 1 is 1.16 bits per heavy atom. The van der Waals surface area contributed by atoms with Crippen LogP contribution in [0.1, 0.15) is 24.2 Å². The van der Waals surface area contributed by atoms with Crippen LogP contribution in [0, 0.1) is 0 Å². The van der Waals surface area contributed by atoms with Gasteiger partial charge in [-0.25, -0.2) is 4.98 Å². The van der Waals surface area contributed by atoms with Gasteiger partial charge in [-0.1, -0.05) is 6.07 Å². The summed E-state index contributed by atoms with van der Waals surface area (Å²) in [6.07, 6.45) is 10.3. The molecule has 2 aliphatic heterocycles. The lowest BCUT2D eigenvalue weighted by Crippen LogP contribution is -2.50. The normalized spacial score (nSPS) is 25.5. The number of nitrogens with zero attached hydrogens (tertiary/aromatic N) is 5. The molecule has 25 heavy (non-hydrogen) atoms. The molecule has 4 rings (SSSR count). The highest BCUT2D eigenvalue weighted by Crippen LogP contribution is 2.25. The first-order valence-electron chi connectivity index (χ1n) is 9.23. The maximum atomic E-state index is 6.13. The molecule has 2 aliphatic rings. The first kappa shape index (κ1) is 16.7. The second-order valence-electron chi connectivity index (χ2n) is 7.12. The van der Waals surface area contributed by atoms with E-state index < -0.39 is 0 Å². The van der Waals surface area contributed by atoms with Crippen LogP contribution in [0.3, 0.4) is 0 Å². The van der Waals surface area contributed by atoms with Gasteiger partial charge in [-0.15, -0.1) is 0 Å². The van der Waals surface area contributed by atoms with Gasteiger partial charge in [-0.3, -0.25) is 14.8 Å². The van der Waals surface area contributed by atoms with Gasteiger partial charge in [-0.05, 0) is 24.5 Å². The van der Waals surface area contributed by atoms with Crippen LogP contribution < -0.4 is 0 Å². The van der Waals surface area contributed by atoms with E-state index in [1.54, 1.807) is 0 Å². The third-order valence-electron chi connectivity index (χ3n) is 5.47. The van der Waals surface area contributed by atoms with Crippen molar-refractivity contribution in [1.29, 1.82) is 0 Å². The number of hydrogen-bond acceptors (Lipinski definition) is 5. The molecule has 0 spiro atoms. The van der Waals surface area contributed by atoms with Gasteiger partial charge in [0.05, 0.1) is 19.3 Å². The molecule has 134 valence electrons. The largest absolute Gasteiger partial charge is 0.375 e. The van der Waals surface area contributed by atoms with Crippen molar-refractivity contribution < 1.29 is 4.74 Å². The minimum Gasteiger partial charge on any atom is -0.375 e. The summed E-state index contributed by atoms with van der Waals surface area (Å²) >= 11 is 0. The first-order valence-corrected chi connectivity index (χ1v) is 9.23. The van der Waals surface area contributed by atoms with Crippen LogP contribution in [0.2, 0.25) is 0 Å². The molecule has 0 radical (unpaired) electrons. The van der Waals surface area contributed by atoms with E-state index in [0.717, 1.165) is 58.0 Å². The fourth-order valence-corrected chi connectivity index (χ4v) is 4.04. The third-order valence-corrected chi connectivity index (χ3v) is 5.47. The Labute approximate surface area is 149 Å². The molecule has 2 saturated heterocycles. The van der Waals surface area contributed by atoms with Gasteiger partial charge in [0, 0.05) is 64.1 Å². The molecule has 0 bridgehead atoms. The zero-order valence-electron chi connectivity index (χ0n) is 14.9. The van der Waals surface area contributed by atoms with Gasteiger partial charge in [0.1, 0.15) is 5.82 Å². The summed E-state index contributed by atoms with van der Waals surface area (Å²) in [7, 11) is 2.07. The van der Waals surface area contributed by atoms with Crippen LogP contribution in [0.4, 0.5) is 0 Å². The monoisotopic (exact) mass is 341 g/mol. The van der Waals surface area contributed by atoms with Gasteiger partial charge < -0.3 is 9.30 Å². The van der Waals surface area contributed by atoms with E-state index in [4.69, 9.17) is 4.74 Å². The van der Waals surface area contributed by atoms with Crippen LogP contribution in [0.25, 0.3) is 0 Å². The molecule has 2 aromatic heterocycles. The van der Waals surface area contributed by atoms with E-state index in [9.17, 15) is 0 Å². The molecule has 2 fully saturated rings. The lowest BCUT2D eigenvalue weighted by molar-refractivity contribution is -0.0747. The smallest absolute Gasteiger partial charge is 0.122 e. The van der Waals surface area contributed by atoms with Crippen molar-refractivity contribution in [3.05, 3.63) is 48.3 Å². The number of morpholine rings is 1. The lowest BCUT2D eigenvalue weighted by atomic mass is 10.0. The maximum absolute atomic E-state index is 6.13. The Hall–Kier alpha value is -1.76. The van der Waals surface area contributed by atoms with Gasteiger partial charge in [0.2, 0.25) is 0 Å². The van der Waals surface area contributed by atoms with E-state index in [1.807, 2.05) is 30.9 Å². The highest BCUT2D eigenvalue weighted by Gasteiger charge is 2.34. The van der Waals surface area contributed by atoms with E-state index in [1.165, 1.54) is 5.56 Å². The van der Waals surface area contributed by atoms with Crippen molar-refractivity contribution in [2.75, 3.05) is 26.2 Å². The number of ether oxygens (including phenoxy) is 1. The molecular formula is C19H27N5O. The molecule has 4 heterocycles. The van der Waals surface area contributed by atoms with Gasteiger partial charge >= 0.3 is 0 Å². The predicted molar refractivity (Wildman–Crippen MR) is 95.9 cm³/mol. The average Bonchev–Trinajstić information content (AvgIpc) is 2.91. The van der Waals surface area contributed by atoms with Crippen molar-refractivity contribution in [3.63, 3.8) is 0 Å². The van der Waals surface area contributed by atoms with Crippen molar-refractivity contribution >= 4 is 0 Å². The maximum Gasteiger partial charge on any atom is 0.122 e. The Balaban J connectivity index is 1.41. The van der Waals surface area contributed by atoms with Gasteiger partial charge in [-0.2, -0.15) is 0 Å². The number of fused-ring (bicyclic) bond motifs is 1. The highest BCUT2D eigenvalue weighted by atomic mass is 16.5. The van der Waals surface area contributed by atoms with Crippen LogP contribution >= 0.6 is 0 Å². The molecule has 2 aromatic rings. The first-order chi connectivity index (χ1) is 12.3. The summed E-state index contributed by atoms with van der Waals surface area (Å²) < 4.78 is 8.25. The lowest BCUT2D eigenvalue weighted by Gasteiger charge is -2.40. The minimum atomic E-state index is 0.344. The van der Waals surface area contributed by atoms with Crippen LogP contribution in [0.15, 0.2) is 36.9 Å². The summed E-state index contributed by atoms with van der Waals surface area (Å²) in [6, 6.07) is 4.69. The zero-order chi connectivity index (χ0) is 17.1. The summed E-state index contributed by atoms with van der Waals surface area (Å²) in [5.74, 6) is 1.14. The SMILES string of the molecule is Cn1ccnc1CN1CC[C@@H]2OCCN(Cc3cccnc3)[C@H]2CC1. The predicted octanol–water partition coefficient (Wildman–Crippen LogP) is 1.68. The Bertz CT molecular complexity index is 673. The molecule has 6 heteroatoms. The van der Waals surface area contributed by atoms with E-state index in [2.05, 4.69) is 37.4 Å². The van der Waals surface area contributed by atoms with E-state index >= 15 is 0 Å². The van der Waals surface area contributed by atoms with Crippen LogP contribution in [-0.4, -0.2) is 62.7 Å². The fourth-order valence-electron chi connectivity index (χ4n) is 4.04. The van der Waals surface area contributed by atoms with Crippen molar-refractivity contribution in [2.45, 2.75) is 38.1 Å². The number of aryl methyl sites for hydroxylation is 1. The van der Waals surface area contributed by atoms with Crippen molar-refractivity contribution in [3.8, 4) is 0 Å². The average molecular weight is 341 g/mol. The molecule has 0 amide bonds. The Morgan fingerprint density at radius 3 is 2.88 bits per heavy atom.